The maximum absolute atomic E-state index is 9.72. The number of rotatable bonds is 0. The fourth-order valence-electron chi connectivity index (χ4n) is 2.90. The molecule has 0 spiro atoms. The number of phenols is 1. The van der Waals surface area contributed by atoms with Gasteiger partial charge in [-0.15, -0.1) is 0 Å². The van der Waals surface area contributed by atoms with Gasteiger partial charge in [0.1, 0.15) is 17.5 Å². The minimum absolute atomic E-state index is 0.335. The van der Waals surface area contributed by atoms with Gasteiger partial charge in [0.25, 0.3) is 0 Å². The summed E-state index contributed by atoms with van der Waals surface area (Å²) in [6.07, 6.45) is 0. The molecule has 1 atom stereocenters. The summed E-state index contributed by atoms with van der Waals surface area (Å²) in [7, 11) is 4.44. The van der Waals surface area contributed by atoms with Gasteiger partial charge in [-0.2, -0.15) is 0 Å². The Morgan fingerprint density at radius 1 is 1.00 bits per heavy atom. The zero-order valence-corrected chi connectivity index (χ0v) is 11.0. The molecule has 0 aromatic heterocycles. The van der Waals surface area contributed by atoms with Crippen LogP contribution in [0.5, 0.6) is 5.75 Å². The maximum atomic E-state index is 9.72. The Kier molecular flexibility index (Phi) is 2.26. The smallest absolute Gasteiger partial charge is 0.140 e. The predicted molar refractivity (Wildman–Crippen MR) is 75.6 cm³/mol. The molecule has 1 unspecified atom stereocenters. The van der Waals surface area contributed by atoms with E-state index in [4.69, 9.17) is 0 Å². The summed E-state index contributed by atoms with van der Waals surface area (Å²) in [6.45, 7) is 2.22. The first kappa shape index (κ1) is 11.3. The molecule has 2 heteroatoms. The summed E-state index contributed by atoms with van der Waals surface area (Å²) < 4.78 is 0.812. The van der Waals surface area contributed by atoms with Crippen LogP contribution < -0.4 is 4.48 Å². The van der Waals surface area contributed by atoms with Crippen molar-refractivity contribution in [2.75, 3.05) is 14.1 Å². The van der Waals surface area contributed by atoms with Gasteiger partial charge >= 0.3 is 0 Å². The highest BCUT2D eigenvalue weighted by Crippen LogP contribution is 2.47. The highest BCUT2D eigenvalue weighted by atomic mass is 16.3. The number of benzene rings is 2. The second-order valence-corrected chi connectivity index (χ2v) is 5.50. The van der Waals surface area contributed by atoms with Gasteiger partial charge in [0.15, 0.2) is 0 Å². The molecule has 2 aromatic rings. The maximum Gasteiger partial charge on any atom is 0.140 e. The van der Waals surface area contributed by atoms with E-state index in [1.807, 2.05) is 12.1 Å². The fraction of sp³-hybridized carbons (Fsp3) is 0.250. The van der Waals surface area contributed by atoms with E-state index in [1.54, 1.807) is 6.07 Å². The van der Waals surface area contributed by atoms with Crippen molar-refractivity contribution in [2.45, 2.75) is 13.0 Å². The van der Waals surface area contributed by atoms with Gasteiger partial charge in [0.05, 0.1) is 14.1 Å². The fourth-order valence-corrected chi connectivity index (χ4v) is 2.90. The lowest BCUT2D eigenvalue weighted by Gasteiger charge is -2.41. The quantitative estimate of drug-likeness (QED) is 0.696. The van der Waals surface area contributed by atoms with E-state index in [0.29, 0.717) is 11.8 Å². The van der Waals surface area contributed by atoms with E-state index >= 15 is 0 Å². The number of nitrogens with zero attached hydrogens (tertiary/aromatic N) is 1. The molecule has 0 saturated carbocycles. The van der Waals surface area contributed by atoms with Gasteiger partial charge in [-0.1, -0.05) is 12.1 Å². The number of phenolic OH excluding ortho intramolecular Hbond substituents is 1. The molecular weight excluding hydrogens is 222 g/mol. The Morgan fingerprint density at radius 3 is 2.50 bits per heavy atom. The molecule has 1 N–H and O–H groups in total. The van der Waals surface area contributed by atoms with Crippen molar-refractivity contribution >= 4 is 5.69 Å². The highest BCUT2D eigenvalue weighted by molar-refractivity contribution is 5.83. The summed E-state index contributed by atoms with van der Waals surface area (Å²) in [5, 5.41) is 9.72. The van der Waals surface area contributed by atoms with Crippen molar-refractivity contribution in [3.63, 3.8) is 0 Å². The summed E-state index contributed by atoms with van der Waals surface area (Å²) >= 11 is 0. The highest BCUT2D eigenvalue weighted by Gasteiger charge is 2.37. The largest absolute Gasteiger partial charge is 0.508 e. The van der Waals surface area contributed by atoms with Crippen LogP contribution >= 0.6 is 0 Å². The van der Waals surface area contributed by atoms with E-state index in [0.717, 1.165) is 4.48 Å². The Hall–Kier alpha value is -1.80. The number of quaternary nitrogens is 1. The molecule has 1 heterocycles. The summed E-state index contributed by atoms with van der Waals surface area (Å²) in [5.74, 6) is 0.347. The third-order valence-electron chi connectivity index (χ3n) is 4.27. The third kappa shape index (κ3) is 1.39. The second-order valence-electron chi connectivity index (χ2n) is 5.50. The first-order valence-corrected chi connectivity index (χ1v) is 6.28. The van der Waals surface area contributed by atoms with Gasteiger partial charge < -0.3 is 5.11 Å². The molecule has 0 bridgehead atoms. The Balaban J connectivity index is 2.37. The van der Waals surface area contributed by atoms with Crippen LogP contribution in [0.25, 0.3) is 11.1 Å². The van der Waals surface area contributed by atoms with E-state index in [-0.39, 0.29) is 0 Å². The van der Waals surface area contributed by atoms with Gasteiger partial charge in [0, 0.05) is 11.1 Å². The molecule has 2 nitrogen and oxygen atoms in total. The van der Waals surface area contributed by atoms with Gasteiger partial charge in [-0.3, -0.25) is 4.48 Å². The number of para-hydroxylation sites is 1. The van der Waals surface area contributed by atoms with Crippen LogP contribution in [-0.2, 0) is 0 Å². The lowest BCUT2D eigenvalue weighted by Crippen LogP contribution is -2.45. The minimum atomic E-state index is 0.335. The van der Waals surface area contributed by atoms with E-state index in [9.17, 15) is 5.11 Å². The van der Waals surface area contributed by atoms with Crippen molar-refractivity contribution in [3.05, 3.63) is 48.0 Å². The normalized spacial score (nSPS) is 20.1. The minimum Gasteiger partial charge on any atom is -0.508 e. The standard InChI is InChI=1S/C16H17NO/c1-11-15-10-12(18)8-9-13(15)14-6-4-5-7-16(14)17(11,2)3/h4-11H,1-3H3/p+1. The van der Waals surface area contributed by atoms with Crippen molar-refractivity contribution in [2.24, 2.45) is 0 Å². The first-order valence-electron chi connectivity index (χ1n) is 6.28. The Bertz CT molecular complexity index is 616. The van der Waals surface area contributed by atoms with Crippen molar-refractivity contribution < 1.29 is 5.11 Å². The Labute approximate surface area is 108 Å². The van der Waals surface area contributed by atoms with E-state index in [1.165, 1.54) is 22.4 Å². The van der Waals surface area contributed by atoms with E-state index in [2.05, 4.69) is 45.3 Å². The summed E-state index contributed by atoms with van der Waals surface area (Å²) in [4.78, 5) is 0. The first-order chi connectivity index (χ1) is 8.51. The molecule has 3 rings (SSSR count). The lowest BCUT2D eigenvalue weighted by atomic mass is 9.87. The molecule has 0 amide bonds. The SMILES string of the molecule is CC1c2cc(O)ccc2-c2ccccc2[N+]1(C)C. The average Bonchev–Trinajstić information content (AvgIpc) is 2.36. The molecule has 0 fully saturated rings. The number of hydrogen-bond donors (Lipinski definition) is 1. The molecule has 0 saturated heterocycles. The number of fused-ring (bicyclic) bond motifs is 3. The number of aromatic hydroxyl groups is 1. The van der Waals surface area contributed by atoms with Crippen LogP contribution in [0.4, 0.5) is 5.69 Å². The van der Waals surface area contributed by atoms with Crippen LogP contribution in [0.1, 0.15) is 18.5 Å². The third-order valence-corrected chi connectivity index (χ3v) is 4.27. The zero-order valence-electron chi connectivity index (χ0n) is 11.0. The summed E-state index contributed by atoms with van der Waals surface area (Å²) in [5.41, 5.74) is 5.07. The van der Waals surface area contributed by atoms with Gasteiger partial charge in [0.2, 0.25) is 0 Å². The van der Waals surface area contributed by atoms with Crippen LogP contribution in [0.3, 0.4) is 0 Å². The van der Waals surface area contributed by atoms with Gasteiger partial charge in [-0.25, -0.2) is 0 Å². The molecule has 0 radical (unpaired) electrons. The topological polar surface area (TPSA) is 20.2 Å². The molecule has 92 valence electrons. The molecule has 1 aliphatic heterocycles. The monoisotopic (exact) mass is 240 g/mol. The molecule has 2 aromatic carbocycles. The second kappa shape index (κ2) is 3.59. The van der Waals surface area contributed by atoms with Crippen LogP contribution in [0.2, 0.25) is 0 Å². The molecule has 0 aliphatic carbocycles. The Morgan fingerprint density at radius 2 is 1.72 bits per heavy atom. The molecule has 1 aliphatic rings. The van der Waals surface area contributed by atoms with Crippen LogP contribution in [0, 0.1) is 0 Å². The van der Waals surface area contributed by atoms with Crippen molar-refractivity contribution in [1.82, 2.24) is 4.48 Å². The van der Waals surface area contributed by atoms with Crippen LogP contribution in [-0.4, -0.2) is 19.2 Å². The van der Waals surface area contributed by atoms with Gasteiger partial charge in [-0.05, 0) is 42.8 Å². The number of hydrogen-bond acceptors (Lipinski definition) is 1. The van der Waals surface area contributed by atoms with E-state index < -0.39 is 0 Å². The van der Waals surface area contributed by atoms with Crippen molar-refractivity contribution in [3.8, 4) is 16.9 Å². The molecule has 18 heavy (non-hydrogen) atoms. The molecular formula is C16H18NO+. The zero-order chi connectivity index (χ0) is 12.9. The summed E-state index contributed by atoms with van der Waals surface area (Å²) in [6, 6.07) is 14.6. The lowest BCUT2D eigenvalue weighted by molar-refractivity contribution is 0.312. The van der Waals surface area contributed by atoms with Crippen molar-refractivity contribution in [1.29, 1.82) is 0 Å². The van der Waals surface area contributed by atoms with Crippen LogP contribution in [0.15, 0.2) is 42.5 Å². The predicted octanol–water partition coefficient (Wildman–Crippen LogP) is 3.70. The average molecular weight is 240 g/mol.